The number of alkyl halides is 1. The summed E-state index contributed by atoms with van der Waals surface area (Å²) in [6, 6.07) is 10.5. The van der Waals surface area contributed by atoms with Gasteiger partial charge in [-0.1, -0.05) is 81.0 Å². The fourth-order valence-corrected chi connectivity index (χ4v) is 1.44. The van der Waals surface area contributed by atoms with Gasteiger partial charge in [0.15, 0.2) is 0 Å². The number of halogens is 1. The Balaban J connectivity index is 0.000000509. The van der Waals surface area contributed by atoms with Crippen LogP contribution < -0.4 is 0 Å². The van der Waals surface area contributed by atoms with Crippen molar-refractivity contribution in [3.05, 3.63) is 66.3 Å². The van der Waals surface area contributed by atoms with Crippen molar-refractivity contribution in [2.75, 3.05) is 7.18 Å². The molecule has 0 unspecified atom stereocenters. The van der Waals surface area contributed by atoms with E-state index in [0.29, 0.717) is 7.18 Å². The van der Waals surface area contributed by atoms with Crippen LogP contribution in [0.25, 0.3) is 5.57 Å². The number of hydrogen-bond acceptors (Lipinski definition) is 0. The van der Waals surface area contributed by atoms with Gasteiger partial charge in [-0.25, -0.2) is 0 Å². The van der Waals surface area contributed by atoms with E-state index < -0.39 is 0 Å². The normalized spacial score (nSPS) is 12.3. The zero-order valence-electron chi connectivity index (χ0n) is 11.6. The highest BCUT2D eigenvalue weighted by molar-refractivity contribution is 5.68. The van der Waals surface area contributed by atoms with Gasteiger partial charge in [-0.2, -0.15) is 0 Å². The van der Waals surface area contributed by atoms with Crippen molar-refractivity contribution in [1.29, 1.82) is 0 Å². The second-order valence-corrected chi connectivity index (χ2v) is 3.78. The first-order valence-corrected chi connectivity index (χ1v) is 6.34. The summed E-state index contributed by atoms with van der Waals surface area (Å²) in [5.74, 6) is 0. The zero-order valence-corrected chi connectivity index (χ0v) is 11.6. The van der Waals surface area contributed by atoms with Gasteiger partial charge in [-0.3, -0.25) is 4.39 Å². The van der Waals surface area contributed by atoms with Gasteiger partial charge in [0, 0.05) is 0 Å². The SMILES string of the molecule is C1=CC=C(c2ccccc2)CC=C1.CCC.CF. The van der Waals surface area contributed by atoms with Gasteiger partial charge in [0.2, 0.25) is 0 Å². The second kappa shape index (κ2) is 11.8. The van der Waals surface area contributed by atoms with Crippen LogP contribution in [0.15, 0.2) is 60.7 Å². The standard InChI is InChI=1S/C13H12.C3H8.CH3F/c1-2-5-9-12(8-4-1)13-10-6-3-7-11-13;1-3-2;1-2/h1-8,10-11H,9H2;3H2,1-2H3;1H3. The third kappa shape index (κ3) is 6.85. The highest BCUT2D eigenvalue weighted by atomic mass is 19.1. The van der Waals surface area contributed by atoms with Crippen LogP contribution in [0.2, 0.25) is 0 Å². The van der Waals surface area contributed by atoms with E-state index in [1.807, 2.05) is 6.07 Å². The molecule has 18 heavy (non-hydrogen) atoms. The molecule has 0 bridgehead atoms. The maximum absolute atomic E-state index is 9.50. The summed E-state index contributed by atoms with van der Waals surface area (Å²) in [6.07, 6.45) is 12.9. The van der Waals surface area contributed by atoms with Crippen molar-refractivity contribution in [2.24, 2.45) is 0 Å². The Hall–Kier alpha value is -1.63. The fourth-order valence-electron chi connectivity index (χ4n) is 1.44. The van der Waals surface area contributed by atoms with Gasteiger partial charge in [-0.05, 0) is 17.6 Å². The first-order chi connectivity index (χ1) is 8.88. The summed E-state index contributed by atoms with van der Waals surface area (Å²) in [6.45, 7) is 4.25. The van der Waals surface area contributed by atoms with Gasteiger partial charge in [0.25, 0.3) is 0 Å². The van der Waals surface area contributed by atoms with Crippen molar-refractivity contribution in [3.63, 3.8) is 0 Å². The molecule has 0 aromatic heterocycles. The van der Waals surface area contributed by atoms with E-state index in [0.717, 1.165) is 6.42 Å². The van der Waals surface area contributed by atoms with E-state index in [4.69, 9.17) is 0 Å². The second-order valence-electron chi connectivity index (χ2n) is 3.78. The lowest BCUT2D eigenvalue weighted by atomic mass is 10.0. The molecule has 0 saturated heterocycles. The topological polar surface area (TPSA) is 0 Å². The Morgan fingerprint density at radius 1 is 0.944 bits per heavy atom. The highest BCUT2D eigenvalue weighted by Gasteiger charge is 1.97. The summed E-state index contributed by atoms with van der Waals surface area (Å²) < 4.78 is 9.50. The smallest absolute Gasteiger partial charge is 0.0785 e. The molecule has 1 aromatic rings. The largest absolute Gasteiger partial charge is 0.255 e. The number of rotatable bonds is 1. The maximum Gasteiger partial charge on any atom is 0.0785 e. The van der Waals surface area contributed by atoms with Crippen LogP contribution in [0, 0.1) is 0 Å². The van der Waals surface area contributed by atoms with E-state index in [1.165, 1.54) is 17.6 Å². The van der Waals surface area contributed by atoms with Gasteiger partial charge in [0.1, 0.15) is 0 Å². The summed E-state index contributed by atoms with van der Waals surface area (Å²) in [7, 11) is 0.500. The average Bonchev–Trinajstić information content (AvgIpc) is 2.72. The molecule has 98 valence electrons. The molecule has 2 rings (SSSR count). The third-order valence-corrected chi connectivity index (χ3v) is 2.14. The van der Waals surface area contributed by atoms with E-state index in [-0.39, 0.29) is 0 Å². The molecule has 0 aliphatic heterocycles. The van der Waals surface area contributed by atoms with Gasteiger partial charge >= 0.3 is 0 Å². The molecular weight excluding hydrogens is 223 g/mol. The van der Waals surface area contributed by atoms with E-state index in [2.05, 4.69) is 68.5 Å². The Kier molecular flexibility index (Phi) is 10.8. The number of benzene rings is 1. The van der Waals surface area contributed by atoms with Crippen LogP contribution in [-0.4, -0.2) is 7.18 Å². The van der Waals surface area contributed by atoms with Gasteiger partial charge in [0.05, 0.1) is 7.18 Å². The zero-order chi connectivity index (χ0) is 13.6. The molecule has 0 atom stereocenters. The highest BCUT2D eigenvalue weighted by Crippen LogP contribution is 2.19. The van der Waals surface area contributed by atoms with Crippen LogP contribution in [0.3, 0.4) is 0 Å². The molecule has 0 spiro atoms. The number of allylic oxidation sites excluding steroid dienone is 6. The molecule has 1 heteroatoms. The van der Waals surface area contributed by atoms with Crippen molar-refractivity contribution in [3.8, 4) is 0 Å². The van der Waals surface area contributed by atoms with Crippen LogP contribution >= 0.6 is 0 Å². The minimum atomic E-state index is 0.500. The molecule has 1 aliphatic carbocycles. The van der Waals surface area contributed by atoms with Crippen molar-refractivity contribution in [1.82, 2.24) is 0 Å². The summed E-state index contributed by atoms with van der Waals surface area (Å²) in [5.41, 5.74) is 2.70. The summed E-state index contributed by atoms with van der Waals surface area (Å²) >= 11 is 0. The molecule has 1 aliphatic rings. The monoisotopic (exact) mass is 246 g/mol. The molecule has 0 radical (unpaired) electrons. The molecule has 0 nitrogen and oxygen atoms in total. The fraction of sp³-hybridized carbons (Fsp3) is 0.294. The Labute approximate surface area is 111 Å². The molecule has 0 saturated carbocycles. The Morgan fingerprint density at radius 3 is 2.17 bits per heavy atom. The summed E-state index contributed by atoms with van der Waals surface area (Å²) in [5, 5.41) is 0. The maximum atomic E-state index is 9.50. The lowest BCUT2D eigenvalue weighted by Gasteiger charge is -2.02. The van der Waals surface area contributed by atoms with Crippen LogP contribution in [0.4, 0.5) is 4.39 Å². The van der Waals surface area contributed by atoms with Crippen molar-refractivity contribution >= 4 is 5.57 Å². The molecule has 0 N–H and O–H groups in total. The lowest BCUT2D eigenvalue weighted by Crippen LogP contribution is -1.80. The van der Waals surface area contributed by atoms with Crippen LogP contribution in [0.5, 0.6) is 0 Å². The first-order valence-electron chi connectivity index (χ1n) is 6.34. The van der Waals surface area contributed by atoms with E-state index in [9.17, 15) is 4.39 Å². The van der Waals surface area contributed by atoms with Gasteiger partial charge < -0.3 is 0 Å². The predicted octanol–water partition coefficient (Wildman–Crippen LogP) is 5.59. The van der Waals surface area contributed by atoms with Crippen LogP contribution in [0.1, 0.15) is 32.3 Å². The average molecular weight is 246 g/mol. The quantitative estimate of drug-likeness (QED) is 0.606. The Morgan fingerprint density at radius 2 is 1.56 bits per heavy atom. The van der Waals surface area contributed by atoms with Crippen molar-refractivity contribution in [2.45, 2.75) is 26.7 Å². The predicted molar refractivity (Wildman–Crippen MR) is 80.3 cm³/mol. The molecule has 0 amide bonds. The van der Waals surface area contributed by atoms with Crippen LogP contribution in [-0.2, 0) is 0 Å². The lowest BCUT2D eigenvalue weighted by molar-refractivity contribution is 0.636. The molecule has 0 fully saturated rings. The molecular formula is C17H23F. The van der Waals surface area contributed by atoms with E-state index >= 15 is 0 Å². The number of hydrogen-bond donors (Lipinski definition) is 0. The third-order valence-electron chi connectivity index (χ3n) is 2.14. The first kappa shape index (κ1) is 16.4. The van der Waals surface area contributed by atoms with E-state index in [1.54, 1.807) is 0 Å². The minimum Gasteiger partial charge on any atom is -0.255 e. The van der Waals surface area contributed by atoms with Gasteiger partial charge in [-0.15, -0.1) is 0 Å². The molecule has 1 aromatic carbocycles. The Bertz CT molecular complexity index is 372. The van der Waals surface area contributed by atoms with Crippen molar-refractivity contribution < 1.29 is 4.39 Å². The minimum absolute atomic E-state index is 0.500. The summed E-state index contributed by atoms with van der Waals surface area (Å²) in [4.78, 5) is 0. The molecule has 0 heterocycles.